The third-order valence-corrected chi connectivity index (χ3v) is 10.7. The van der Waals surface area contributed by atoms with Gasteiger partial charge in [0.1, 0.15) is 16.9 Å². The summed E-state index contributed by atoms with van der Waals surface area (Å²) in [7, 11) is -2.14. The van der Waals surface area contributed by atoms with E-state index >= 15 is 0 Å². The molecular formula is C45H65O5P. The molecule has 1 heterocycles. The predicted octanol–water partition coefficient (Wildman–Crippen LogP) is 13.4. The smallest absolute Gasteiger partial charge is 0.455 e. The molecule has 0 aliphatic rings. The van der Waals surface area contributed by atoms with Gasteiger partial charge in [-0.3, -0.25) is 4.79 Å². The lowest BCUT2D eigenvalue weighted by Gasteiger charge is -2.28. The van der Waals surface area contributed by atoms with Crippen molar-refractivity contribution in [2.75, 3.05) is 0 Å². The molecule has 0 fully saturated rings. The molecule has 280 valence electrons. The Balaban J connectivity index is 1.98. The third kappa shape index (κ3) is 9.08. The molecule has 6 heteroatoms. The molecule has 0 radical (unpaired) electrons. The Hall–Kier alpha value is -3.17. The summed E-state index contributed by atoms with van der Waals surface area (Å²) < 4.78 is 19.8. The first-order valence-electron chi connectivity index (χ1n) is 18.5. The van der Waals surface area contributed by atoms with Crippen molar-refractivity contribution in [3.8, 4) is 5.75 Å². The predicted molar refractivity (Wildman–Crippen MR) is 217 cm³/mol. The summed E-state index contributed by atoms with van der Waals surface area (Å²) in [6, 6.07) is 13.1. The van der Waals surface area contributed by atoms with Crippen LogP contribution in [0.15, 0.2) is 44.8 Å². The quantitative estimate of drug-likeness (QED) is 0.228. The van der Waals surface area contributed by atoms with Crippen LogP contribution in [-0.2, 0) is 43.7 Å². The van der Waals surface area contributed by atoms with Crippen molar-refractivity contribution in [3.63, 3.8) is 0 Å². The fourth-order valence-electron chi connectivity index (χ4n) is 6.40. The zero-order valence-electron chi connectivity index (χ0n) is 34.9. The Bertz CT molecular complexity index is 1860. The molecule has 0 saturated carbocycles. The van der Waals surface area contributed by atoms with Gasteiger partial charge in [0.05, 0.1) is 6.42 Å². The number of phenols is 1. The van der Waals surface area contributed by atoms with Gasteiger partial charge in [0.25, 0.3) is 0 Å². The molecule has 0 amide bonds. The van der Waals surface area contributed by atoms with Crippen LogP contribution in [0, 0.1) is 0 Å². The van der Waals surface area contributed by atoms with E-state index in [1.165, 1.54) is 11.1 Å². The largest absolute Gasteiger partial charge is 0.507 e. The third-order valence-electron chi connectivity index (χ3n) is 9.73. The van der Waals surface area contributed by atoms with Crippen LogP contribution in [0.2, 0.25) is 0 Å². The fraction of sp³-hybridized carbons (Fsp3) is 0.578. The Labute approximate surface area is 309 Å². The summed E-state index contributed by atoms with van der Waals surface area (Å²) in [5.41, 5.74) is 7.42. The highest BCUT2D eigenvalue weighted by Gasteiger charge is 2.30. The van der Waals surface area contributed by atoms with Crippen molar-refractivity contribution in [1.82, 2.24) is 0 Å². The maximum Gasteiger partial charge on any atom is 0.455 e. The number of hydrogen-bond acceptors (Lipinski definition) is 5. The van der Waals surface area contributed by atoms with E-state index in [0.717, 1.165) is 38.6 Å². The van der Waals surface area contributed by atoms with Crippen molar-refractivity contribution < 1.29 is 22.8 Å². The molecule has 1 aromatic heterocycles. The Kier molecular flexibility index (Phi) is 10.6. The second-order valence-corrected chi connectivity index (χ2v) is 21.7. The maximum atomic E-state index is 13.8. The van der Waals surface area contributed by atoms with Crippen molar-refractivity contribution in [2.24, 2.45) is 0 Å². The molecule has 0 aliphatic heterocycles. The van der Waals surface area contributed by atoms with Crippen LogP contribution in [-0.4, -0.2) is 11.1 Å². The first-order valence-corrected chi connectivity index (χ1v) is 19.6. The molecule has 1 N–H and O–H groups in total. The van der Waals surface area contributed by atoms with Gasteiger partial charge in [-0.15, -0.1) is 0 Å². The number of fused-ring (bicyclic) bond motifs is 3. The molecule has 4 rings (SSSR count). The zero-order chi connectivity index (χ0) is 38.9. The highest BCUT2D eigenvalue weighted by Crippen LogP contribution is 2.45. The minimum Gasteiger partial charge on any atom is -0.507 e. The van der Waals surface area contributed by atoms with Gasteiger partial charge in [-0.05, 0) is 78.9 Å². The number of phenolic OH excluding ortho intramolecular Hbond substituents is 1. The normalized spacial score (nSPS) is 13.6. The van der Waals surface area contributed by atoms with E-state index in [2.05, 4.69) is 149 Å². The maximum absolute atomic E-state index is 13.8. The van der Waals surface area contributed by atoms with Crippen molar-refractivity contribution in [3.05, 3.63) is 75.3 Å². The van der Waals surface area contributed by atoms with E-state index in [0.29, 0.717) is 23.3 Å². The monoisotopic (exact) mass is 716 g/mol. The number of rotatable bonds is 4. The Morgan fingerprint density at radius 3 is 1.22 bits per heavy atom. The molecule has 0 saturated heterocycles. The van der Waals surface area contributed by atoms with Crippen LogP contribution in [0.4, 0.5) is 0 Å². The van der Waals surface area contributed by atoms with Crippen LogP contribution < -0.4 is 4.52 Å². The summed E-state index contributed by atoms with van der Waals surface area (Å²) in [4.78, 5) is 13.8. The van der Waals surface area contributed by atoms with Gasteiger partial charge in [0.2, 0.25) is 0 Å². The Morgan fingerprint density at radius 2 is 0.902 bits per heavy atom. The highest BCUT2D eigenvalue weighted by atomic mass is 31.1. The number of hydrogen-bond donors (Lipinski definition) is 1. The highest BCUT2D eigenvalue weighted by molar-refractivity contribution is 7.32. The summed E-state index contributed by atoms with van der Waals surface area (Å²) >= 11 is 0. The fourth-order valence-corrected chi connectivity index (χ4v) is 7.46. The SMILES string of the molecule is CC(C)(C)c1cc(C(C)(C)C)c2op(OC(=O)CCc3cc(C(C)(C)C)c(O)c(C(C)(C)C)c3)oc3c(C(C)(C)C)cc(C(C)(C)C)cc3c2c1. The molecule has 4 aromatic rings. The summed E-state index contributed by atoms with van der Waals surface area (Å²) in [6.45, 7) is 39.2. The molecule has 3 aromatic carbocycles. The van der Waals surface area contributed by atoms with E-state index in [9.17, 15) is 9.90 Å². The number of carbonyl (C=O) groups is 1. The molecule has 0 aliphatic carbocycles. The molecule has 0 unspecified atom stereocenters. The van der Waals surface area contributed by atoms with Gasteiger partial charge in [-0.2, -0.15) is 0 Å². The van der Waals surface area contributed by atoms with Gasteiger partial charge in [0, 0.05) is 21.9 Å². The number of aromatic hydroxyl groups is 1. The topological polar surface area (TPSA) is 72.8 Å². The molecule has 5 nitrogen and oxygen atoms in total. The second-order valence-electron chi connectivity index (χ2n) is 20.7. The lowest BCUT2D eigenvalue weighted by atomic mass is 9.77. The lowest BCUT2D eigenvalue weighted by molar-refractivity contribution is -0.131. The van der Waals surface area contributed by atoms with Gasteiger partial charge in [-0.25, -0.2) is 0 Å². The first-order chi connectivity index (χ1) is 22.9. The van der Waals surface area contributed by atoms with E-state index in [-0.39, 0.29) is 44.9 Å². The number of aryl methyl sites for hydroxylation is 1. The van der Waals surface area contributed by atoms with Crippen LogP contribution >= 0.6 is 8.24 Å². The minimum atomic E-state index is -2.14. The van der Waals surface area contributed by atoms with E-state index in [1.54, 1.807) is 0 Å². The standard InChI is InChI=1S/C45H65O5P/c1-40(2,3)28-23-30-31-24-29(41(4,5)6)26-35(45(16,17)18)39(31)50-51(49-38(30)34(25-28)44(13,14)15)48-36(46)20-19-27-21-32(42(7,8)9)37(47)33(22-27)43(10,11)12/h21-26,47H,19-20H2,1-18H3. The van der Waals surface area contributed by atoms with Gasteiger partial charge in [0.15, 0.2) is 0 Å². The van der Waals surface area contributed by atoms with Gasteiger partial charge < -0.3 is 18.0 Å². The van der Waals surface area contributed by atoms with Crippen LogP contribution in [0.25, 0.3) is 21.9 Å². The molecule has 0 bridgehead atoms. The zero-order valence-corrected chi connectivity index (χ0v) is 35.8. The van der Waals surface area contributed by atoms with Crippen molar-refractivity contribution in [2.45, 2.75) is 170 Å². The van der Waals surface area contributed by atoms with Gasteiger partial charge in [-0.1, -0.05) is 149 Å². The van der Waals surface area contributed by atoms with Crippen LogP contribution in [0.5, 0.6) is 5.75 Å². The first kappa shape index (κ1) is 40.6. The lowest BCUT2D eigenvalue weighted by Crippen LogP contribution is -2.18. The molecule has 51 heavy (non-hydrogen) atoms. The summed E-state index contributed by atoms with van der Waals surface area (Å²) in [5, 5.41) is 13.2. The van der Waals surface area contributed by atoms with E-state index < -0.39 is 8.24 Å². The molecule has 0 spiro atoms. The van der Waals surface area contributed by atoms with E-state index in [1.807, 2.05) is 12.1 Å². The molecular weight excluding hydrogens is 651 g/mol. The average molecular weight is 717 g/mol. The number of benzene rings is 3. The summed E-state index contributed by atoms with van der Waals surface area (Å²) in [6.07, 6.45) is 0.610. The average Bonchev–Trinajstić information content (AvgIpc) is 3.08. The van der Waals surface area contributed by atoms with Crippen molar-refractivity contribution in [1.29, 1.82) is 0 Å². The van der Waals surface area contributed by atoms with Crippen LogP contribution in [0.3, 0.4) is 0 Å². The van der Waals surface area contributed by atoms with Crippen LogP contribution in [0.1, 0.15) is 170 Å². The van der Waals surface area contributed by atoms with Gasteiger partial charge >= 0.3 is 14.2 Å². The molecule has 0 atom stereocenters. The van der Waals surface area contributed by atoms with E-state index in [4.69, 9.17) is 12.9 Å². The number of carbonyl (C=O) groups excluding carboxylic acids is 1. The summed E-state index contributed by atoms with van der Waals surface area (Å²) in [5.74, 6) is -0.0584. The Morgan fingerprint density at radius 1 is 0.549 bits per heavy atom. The van der Waals surface area contributed by atoms with Crippen molar-refractivity contribution >= 4 is 36.1 Å². The second kappa shape index (κ2) is 13.4. The minimum absolute atomic E-state index is 0.109.